The molecule has 0 amide bonds. The number of benzene rings is 1. The molecule has 0 aromatic heterocycles. The summed E-state index contributed by atoms with van der Waals surface area (Å²) in [6.45, 7) is 14.1. The zero-order valence-electron chi connectivity index (χ0n) is 13.0. The zero-order chi connectivity index (χ0) is 14.8. The Morgan fingerprint density at radius 1 is 1.25 bits per heavy atom. The van der Waals surface area contributed by atoms with Crippen LogP contribution in [0.1, 0.15) is 30.9 Å². The van der Waals surface area contributed by atoms with Crippen LogP contribution >= 0.6 is 0 Å². The van der Waals surface area contributed by atoms with Gasteiger partial charge in [0.15, 0.2) is 0 Å². The highest BCUT2D eigenvalue weighted by molar-refractivity contribution is 5.36. The Morgan fingerprint density at radius 3 is 2.70 bits per heavy atom. The molecule has 1 aromatic rings. The van der Waals surface area contributed by atoms with Crippen molar-refractivity contribution in [2.75, 3.05) is 32.9 Å². The molecule has 0 spiro atoms. The van der Waals surface area contributed by atoms with E-state index in [1.54, 1.807) is 0 Å². The molecule has 0 saturated heterocycles. The van der Waals surface area contributed by atoms with Crippen molar-refractivity contribution in [1.82, 2.24) is 0 Å². The van der Waals surface area contributed by atoms with Crippen molar-refractivity contribution in [2.45, 2.75) is 26.7 Å². The lowest BCUT2D eigenvalue weighted by atomic mass is 9.98. The Morgan fingerprint density at radius 2 is 2.05 bits per heavy atom. The maximum absolute atomic E-state index is 5.70. The monoisotopic (exact) mass is 278 g/mol. The van der Waals surface area contributed by atoms with Gasteiger partial charge in [0.05, 0.1) is 26.3 Å². The number of aryl methyl sites for hydroxylation is 1. The van der Waals surface area contributed by atoms with Gasteiger partial charge in [0.1, 0.15) is 12.4 Å². The van der Waals surface area contributed by atoms with Gasteiger partial charge in [-0.1, -0.05) is 26.5 Å². The number of quaternary nitrogens is 1. The van der Waals surface area contributed by atoms with Gasteiger partial charge in [0.25, 0.3) is 0 Å². The number of hydrogen-bond acceptors (Lipinski definition) is 2. The fraction of sp³-hybridized carbons (Fsp3) is 0.529. The van der Waals surface area contributed by atoms with Gasteiger partial charge in [-0.2, -0.15) is 0 Å². The molecule has 0 fully saturated rings. The van der Waals surface area contributed by atoms with Gasteiger partial charge < -0.3 is 14.8 Å². The SMILES string of the molecule is C=CC[NH2+]CCOCCOc1ccc(C(C)C)c(C)c1. The predicted molar refractivity (Wildman–Crippen MR) is 83.4 cm³/mol. The first-order chi connectivity index (χ1) is 9.65. The highest BCUT2D eigenvalue weighted by atomic mass is 16.5. The predicted octanol–water partition coefficient (Wildman–Crippen LogP) is 2.26. The normalized spacial score (nSPS) is 10.8. The standard InChI is InChI=1S/C17H27NO2/c1-5-8-18-9-10-19-11-12-20-16-6-7-17(14(2)3)15(4)13-16/h5-7,13-14,18H,1,8-12H2,2-4H3/p+1. The van der Waals surface area contributed by atoms with Crippen LogP contribution in [0.2, 0.25) is 0 Å². The summed E-state index contributed by atoms with van der Waals surface area (Å²) >= 11 is 0. The number of ether oxygens (including phenoxy) is 2. The van der Waals surface area contributed by atoms with Crippen molar-refractivity contribution in [1.29, 1.82) is 0 Å². The lowest BCUT2D eigenvalue weighted by Crippen LogP contribution is -2.84. The van der Waals surface area contributed by atoms with Crippen LogP contribution in [0.25, 0.3) is 0 Å². The minimum absolute atomic E-state index is 0.555. The average molecular weight is 278 g/mol. The summed E-state index contributed by atoms with van der Waals surface area (Å²) in [7, 11) is 0. The van der Waals surface area contributed by atoms with Gasteiger partial charge >= 0.3 is 0 Å². The van der Waals surface area contributed by atoms with Gasteiger partial charge in [-0.05, 0) is 42.2 Å². The molecule has 0 heterocycles. The lowest BCUT2D eigenvalue weighted by molar-refractivity contribution is -0.647. The molecule has 1 aromatic carbocycles. The zero-order valence-corrected chi connectivity index (χ0v) is 13.0. The summed E-state index contributed by atoms with van der Waals surface area (Å²) in [4.78, 5) is 0. The summed E-state index contributed by atoms with van der Waals surface area (Å²) < 4.78 is 11.2. The maximum atomic E-state index is 5.70. The van der Waals surface area contributed by atoms with Crippen molar-refractivity contribution in [3.8, 4) is 5.75 Å². The molecule has 3 nitrogen and oxygen atoms in total. The Bertz CT molecular complexity index is 402. The van der Waals surface area contributed by atoms with E-state index >= 15 is 0 Å². The summed E-state index contributed by atoms with van der Waals surface area (Å²) in [5, 5.41) is 2.17. The molecule has 0 aliphatic rings. The molecule has 2 N–H and O–H groups in total. The van der Waals surface area contributed by atoms with Crippen LogP contribution in [0.5, 0.6) is 5.75 Å². The first kappa shape index (κ1) is 16.7. The van der Waals surface area contributed by atoms with Gasteiger partial charge in [0, 0.05) is 0 Å². The quantitative estimate of drug-likeness (QED) is 0.526. The third-order valence-electron chi connectivity index (χ3n) is 3.16. The first-order valence-electron chi connectivity index (χ1n) is 7.38. The van der Waals surface area contributed by atoms with Crippen molar-refractivity contribution in [3.63, 3.8) is 0 Å². The highest BCUT2D eigenvalue weighted by Gasteiger charge is 2.04. The fourth-order valence-corrected chi connectivity index (χ4v) is 2.11. The van der Waals surface area contributed by atoms with Crippen molar-refractivity contribution in [2.24, 2.45) is 0 Å². The summed E-state index contributed by atoms with van der Waals surface area (Å²) in [5.41, 5.74) is 2.67. The van der Waals surface area contributed by atoms with Crippen LogP contribution in [-0.2, 0) is 4.74 Å². The topological polar surface area (TPSA) is 35.1 Å². The third kappa shape index (κ3) is 6.22. The van der Waals surface area contributed by atoms with E-state index in [1.165, 1.54) is 11.1 Å². The van der Waals surface area contributed by atoms with Crippen molar-refractivity contribution >= 4 is 0 Å². The second-order valence-corrected chi connectivity index (χ2v) is 5.24. The van der Waals surface area contributed by atoms with Crippen LogP contribution in [0.15, 0.2) is 30.9 Å². The van der Waals surface area contributed by atoms with E-state index < -0.39 is 0 Å². The Balaban J connectivity index is 2.19. The van der Waals surface area contributed by atoms with Gasteiger partial charge in [-0.15, -0.1) is 0 Å². The van der Waals surface area contributed by atoms with Crippen LogP contribution in [0, 0.1) is 6.92 Å². The minimum Gasteiger partial charge on any atom is -0.491 e. The van der Waals surface area contributed by atoms with E-state index in [2.05, 4.69) is 44.8 Å². The molecule has 0 radical (unpaired) electrons. The van der Waals surface area contributed by atoms with Gasteiger partial charge in [-0.3, -0.25) is 0 Å². The molecule has 0 bridgehead atoms. The fourth-order valence-electron chi connectivity index (χ4n) is 2.11. The van der Waals surface area contributed by atoms with Crippen LogP contribution in [-0.4, -0.2) is 32.9 Å². The second kappa shape index (κ2) is 9.56. The molecule has 0 aliphatic heterocycles. The molecule has 0 saturated carbocycles. The molecule has 20 heavy (non-hydrogen) atoms. The molecule has 1 rings (SSSR count). The number of hydrogen-bond donors (Lipinski definition) is 1. The lowest BCUT2D eigenvalue weighted by Gasteiger charge is -2.12. The van der Waals surface area contributed by atoms with E-state index in [0.717, 1.165) is 25.4 Å². The minimum atomic E-state index is 0.555. The summed E-state index contributed by atoms with van der Waals surface area (Å²) in [6.07, 6.45) is 1.90. The Hall–Kier alpha value is -1.32. The van der Waals surface area contributed by atoms with E-state index in [1.807, 2.05) is 12.1 Å². The molecular weight excluding hydrogens is 250 g/mol. The molecule has 3 heteroatoms. The molecule has 0 unspecified atom stereocenters. The largest absolute Gasteiger partial charge is 0.491 e. The van der Waals surface area contributed by atoms with Gasteiger partial charge in [-0.25, -0.2) is 0 Å². The molecular formula is C17H28NO2+. The highest BCUT2D eigenvalue weighted by Crippen LogP contribution is 2.23. The summed E-state index contributed by atoms with van der Waals surface area (Å²) in [5.74, 6) is 1.48. The smallest absolute Gasteiger partial charge is 0.119 e. The van der Waals surface area contributed by atoms with Crippen LogP contribution < -0.4 is 10.1 Å². The van der Waals surface area contributed by atoms with Crippen LogP contribution in [0.3, 0.4) is 0 Å². The maximum Gasteiger partial charge on any atom is 0.119 e. The second-order valence-electron chi connectivity index (χ2n) is 5.24. The van der Waals surface area contributed by atoms with E-state index in [4.69, 9.17) is 9.47 Å². The van der Waals surface area contributed by atoms with Gasteiger partial charge in [0.2, 0.25) is 0 Å². The van der Waals surface area contributed by atoms with E-state index in [-0.39, 0.29) is 0 Å². The average Bonchev–Trinajstić information content (AvgIpc) is 2.41. The number of nitrogens with two attached hydrogens (primary N) is 1. The van der Waals surface area contributed by atoms with Crippen molar-refractivity contribution in [3.05, 3.63) is 42.0 Å². The molecule has 0 atom stereocenters. The Kier molecular flexibility index (Phi) is 8.00. The van der Waals surface area contributed by atoms with E-state index in [9.17, 15) is 0 Å². The molecule has 0 aliphatic carbocycles. The van der Waals surface area contributed by atoms with E-state index in [0.29, 0.717) is 19.1 Å². The van der Waals surface area contributed by atoms with Crippen molar-refractivity contribution < 1.29 is 14.8 Å². The first-order valence-corrected chi connectivity index (χ1v) is 7.38. The summed E-state index contributed by atoms with van der Waals surface area (Å²) in [6, 6.07) is 6.30. The number of rotatable bonds is 10. The third-order valence-corrected chi connectivity index (χ3v) is 3.16. The molecule has 112 valence electrons. The van der Waals surface area contributed by atoms with Crippen LogP contribution in [0.4, 0.5) is 0 Å². The Labute approximate surface area is 123 Å².